The van der Waals surface area contributed by atoms with E-state index < -0.39 is 6.17 Å². The fourth-order valence-electron chi connectivity index (χ4n) is 3.77. The molecule has 1 aliphatic rings. The Hall–Kier alpha value is -1.80. The molecule has 0 amide bonds. The van der Waals surface area contributed by atoms with Crippen LogP contribution in [-0.4, -0.2) is 41.9 Å². The van der Waals surface area contributed by atoms with Crippen LogP contribution in [0.2, 0.25) is 0 Å². The van der Waals surface area contributed by atoms with E-state index in [4.69, 9.17) is 21.6 Å². The largest absolute Gasteiger partial charge is 0.397 e. The number of fused-ring (bicyclic) bond motifs is 1. The number of rotatable bonds is 6. The van der Waals surface area contributed by atoms with Crippen LogP contribution in [0.15, 0.2) is 24.3 Å². The second-order valence-electron chi connectivity index (χ2n) is 7.52. The number of halogens is 1. The predicted octanol–water partition coefficient (Wildman–Crippen LogP) is 3.04. The Balaban J connectivity index is 0.000000941. The van der Waals surface area contributed by atoms with Gasteiger partial charge < -0.3 is 26.8 Å². The zero-order valence-electron chi connectivity index (χ0n) is 17.9. The van der Waals surface area contributed by atoms with Crippen molar-refractivity contribution in [1.82, 2.24) is 10.3 Å². The molecule has 0 spiro atoms. The molecule has 0 bridgehead atoms. The third kappa shape index (κ3) is 6.34. The van der Waals surface area contributed by atoms with Crippen molar-refractivity contribution in [3.8, 4) is 0 Å². The van der Waals surface area contributed by atoms with E-state index in [2.05, 4.69) is 24.1 Å². The van der Waals surface area contributed by atoms with Crippen molar-refractivity contribution in [2.45, 2.75) is 64.7 Å². The van der Waals surface area contributed by atoms with Crippen molar-refractivity contribution in [3.63, 3.8) is 0 Å². The highest BCUT2D eigenvalue weighted by molar-refractivity contribution is 5.82. The maximum absolute atomic E-state index is 13.5. The molecular weight excluding hydrogens is 369 g/mol. The number of aliphatic hydroxyl groups is 1. The minimum Gasteiger partial charge on any atom is -0.397 e. The van der Waals surface area contributed by atoms with E-state index in [0.29, 0.717) is 12.1 Å². The molecule has 29 heavy (non-hydrogen) atoms. The first-order chi connectivity index (χ1) is 13.9. The molecule has 1 aromatic carbocycles. The lowest BCUT2D eigenvalue weighted by Crippen LogP contribution is -2.46. The molecule has 162 valence electrons. The summed E-state index contributed by atoms with van der Waals surface area (Å²) < 4.78 is 13.5. The molecule has 6 N–H and O–H groups in total. The van der Waals surface area contributed by atoms with Crippen molar-refractivity contribution in [1.29, 1.82) is 0 Å². The number of benzene rings is 1. The number of hydrogen-bond donors (Lipinski definition) is 4. The van der Waals surface area contributed by atoms with E-state index in [1.165, 1.54) is 12.1 Å². The molecule has 1 saturated heterocycles. The maximum atomic E-state index is 13.5. The molecule has 0 unspecified atom stereocenters. The van der Waals surface area contributed by atoms with Crippen LogP contribution in [0.25, 0.3) is 10.9 Å². The number of piperidine rings is 1. The highest BCUT2D eigenvalue weighted by Crippen LogP contribution is 2.29. The Kier molecular flexibility index (Phi) is 9.23. The minimum atomic E-state index is -0.634. The molecule has 1 aliphatic heterocycles. The zero-order chi connectivity index (χ0) is 21.4. The molecule has 1 fully saturated rings. The summed E-state index contributed by atoms with van der Waals surface area (Å²) in [6.45, 7) is 8.22. The summed E-state index contributed by atoms with van der Waals surface area (Å²) in [5, 5.41) is 12.1. The highest BCUT2D eigenvalue weighted by Gasteiger charge is 2.24. The van der Waals surface area contributed by atoms with Crippen LogP contribution < -0.4 is 21.7 Å². The van der Waals surface area contributed by atoms with Gasteiger partial charge in [0.15, 0.2) is 0 Å². The number of anilines is 1. The number of nitrogens with two attached hydrogens (primary N) is 2. The zero-order valence-corrected chi connectivity index (χ0v) is 17.9. The van der Waals surface area contributed by atoms with Gasteiger partial charge in [0.1, 0.15) is 11.6 Å². The molecule has 0 atom stereocenters. The number of nitrogens with one attached hydrogen (secondary N) is 1. The van der Waals surface area contributed by atoms with Crippen LogP contribution in [0.5, 0.6) is 0 Å². The SMILES string of the molecule is CCC(CC)NC1CCN(c2nc3ccc(F)cc3cc2C(N)N)CC1.CCO. The summed E-state index contributed by atoms with van der Waals surface area (Å²) in [6.07, 6.45) is 3.82. The first-order valence-electron chi connectivity index (χ1n) is 10.7. The normalized spacial score (nSPS) is 15.1. The monoisotopic (exact) mass is 405 g/mol. The molecule has 0 aliphatic carbocycles. The van der Waals surface area contributed by atoms with E-state index in [1.54, 1.807) is 13.0 Å². The molecule has 0 saturated carbocycles. The van der Waals surface area contributed by atoms with Crippen molar-refractivity contribution in [2.75, 3.05) is 24.6 Å². The van der Waals surface area contributed by atoms with E-state index >= 15 is 0 Å². The fourth-order valence-corrected chi connectivity index (χ4v) is 3.77. The smallest absolute Gasteiger partial charge is 0.135 e. The molecule has 3 rings (SSSR count). The van der Waals surface area contributed by atoms with E-state index in [-0.39, 0.29) is 12.4 Å². The van der Waals surface area contributed by atoms with Gasteiger partial charge in [0.05, 0.1) is 11.7 Å². The Labute approximate surface area is 173 Å². The lowest BCUT2D eigenvalue weighted by atomic mass is 10.0. The summed E-state index contributed by atoms with van der Waals surface area (Å²) in [5.41, 5.74) is 13.5. The highest BCUT2D eigenvalue weighted by atomic mass is 19.1. The summed E-state index contributed by atoms with van der Waals surface area (Å²) in [5.74, 6) is 0.553. The summed E-state index contributed by atoms with van der Waals surface area (Å²) in [7, 11) is 0. The van der Waals surface area contributed by atoms with Gasteiger partial charge in [0, 0.05) is 42.7 Å². The summed E-state index contributed by atoms with van der Waals surface area (Å²) in [4.78, 5) is 7.02. The molecule has 1 aromatic heterocycles. The molecular formula is C22H36FN5O. The lowest BCUT2D eigenvalue weighted by molar-refractivity contribution is 0.318. The van der Waals surface area contributed by atoms with Crippen LogP contribution in [0, 0.1) is 5.82 Å². The third-order valence-corrected chi connectivity index (χ3v) is 5.40. The Morgan fingerprint density at radius 1 is 1.17 bits per heavy atom. The number of hydrogen-bond acceptors (Lipinski definition) is 6. The minimum absolute atomic E-state index is 0.250. The van der Waals surface area contributed by atoms with Gasteiger partial charge in [-0.05, 0) is 56.9 Å². The van der Waals surface area contributed by atoms with Crippen LogP contribution in [0.4, 0.5) is 10.2 Å². The van der Waals surface area contributed by atoms with Gasteiger partial charge in [-0.25, -0.2) is 9.37 Å². The Morgan fingerprint density at radius 2 is 1.79 bits per heavy atom. The van der Waals surface area contributed by atoms with E-state index in [1.807, 2.05) is 6.07 Å². The topological polar surface area (TPSA) is 100 Å². The van der Waals surface area contributed by atoms with E-state index in [0.717, 1.165) is 61.1 Å². The van der Waals surface area contributed by atoms with E-state index in [9.17, 15) is 4.39 Å². The van der Waals surface area contributed by atoms with Crippen LogP contribution in [0.3, 0.4) is 0 Å². The van der Waals surface area contributed by atoms with Gasteiger partial charge in [0.2, 0.25) is 0 Å². The predicted molar refractivity (Wildman–Crippen MR) is 118 cm³/mol. The van der Waals surface area contributed by atoms with Gasteiger partial charge in [-0.3, -0.25) is 0 Å². The second kappa shape index (κ2) is 11.4. The quantitative estimate of drug-likeness (QED) is 0.551. The number of aliphatic hydroxyl groups excluding tert-OH is 1. The fraction of sp³-hybridized carbons (Fsp3) is 0.591. The molecule has 2 aromatic rings. The lowest BCUT2D eigenvalue weighted by Gasteiger charge is -2.36. The van der Waals surface area contributed by atoms with Crippen molar-refractivity contribution >= 4 is 16.7 Å². The Bertz CT molecular complexity index is 758. The van der Waals surface area contributed by atoms with Gasteiger partial charge in [0.25, 0.3) is 0 Å². The molecule has 0 radical (unpaired) electrons. The Morgan fingerprint density at radius 3 is 2.34 bits per heavy atom. The van der Waals surface area contributed by atoms with Crippen molar-refractivity contribution < 1.29 is 9.50 Å². The first kappa shape index (κ1) is 23.5. The summed E-state index contributed by atoms with van der Waals surface area (Å²) >= 11 is 0. The average molecular weight is 406 g/mol. The summed E-state index contributed by atoms with van der Waals surface area (Å²) in [6, 6.07) is 7.63. The van der Waals surface area contributed by atoms with Gasteiger partial charge in [-0.15, -0.1) is 0 Å². The molecule has 2 heterocycles. The van der Waals surface area contributed by atoms with Crippen LogP contribution in [-0.2, 0) is 0 Å². The number of pyridine rings is 1. The van der Waals surface area contributed by atoms with Crippen molar-refractivity contribution in [3.05, 3.63) is 35.6 Å². The van der Waals surface area contributed by atoms with Gasteiger partial charge in [-0.1, -0.05) is 13.8 Å². The van der Waals surface area contributed by atoms with Crippen LogP contribution in [0.1, 0.15) is 58.2 Å². The molecule has 7 heteroatoms. The maximum Gasteiger partial charge on any atom is 0.135 e. The number of nitrogens with zero attached hydrogens (tertiary/aromatic N) is 2. The first-order valence-corrected chi connectivity index (χ1v) is 10.7. The third-order valence-electron chi connectivity index (χ3n) is 5.40. The van der Waals surface area contributed by atoms with Crippen LogP contribution >= 0.6 is 0 Å². The molecule has 6 nitrogen and oxygen atoms in total. The second-order valence-corrected chi connectivity index (χ2v) is 7.52. The standard InChI is InChI=1S/C20H30FN5.C2H6O/c1-3-15(4-2)24-16-7-9-26(10-8-16)20-17(19(22)23)12-13-11-14(21)5-6-18(13)25-20;1-2-3/h5-6,11-12,15-16,19,24H,3-4,7-10,22-23H2,1-2H3;3H,2H2,1H3. The van der Waals surface area contributed by atoms with Crippen molar-refractivity contribution in [2.24, 2.45) is 11.5 Å². The van der Waals surface area contributed by atoms with Gasteiger partial charge in [-0.2, -0.15) is 0 Å². The van der Waals surface area contributed by atoms with Gasteiger partial charge >= 0.3 is 0 Å². The average Bonchev–Trinajstić information content (AvgIpc) is 2.72. The number of aromatic nitrogens is 1.